The Balaban J connectivity index is 2.57. The monoisotopic (exact) mass is 213 g/mol. The molecule has 0 heterocycles. The number of hydrogen-bond donors (Lipinski definition) is 2. The molecular formula is C11H16FNO2. The van der Waals surface area contributed by atoms with Crippen LogP contribution in [0.15, 0.2) is 12.1 Å². The number of nitrogens with two attached hydrogens (primary N) is 1. The standard InChI is InChI=1S/C11H16FNO2/c1-8-6-11(9(12)7-10(8)13)15-5-3-2-4-14/h6-7,14H,2-5,13H2,1H3. The van der Waals surface area contributed by atoms with Gasteiger partial charge in [0.05, 0.1) is 6.61 Å². The molecule has 0 bridgehead atoms. The lowest BCUT2D eigenvalue weighted by Crippen LogP contribution is -2.02. The number of ether oxygens (including phenoxy) is 1. The lowest BCUT2D eigenvalue weighted by molar-refractivity contribution is 0.248. The zero-order valence-electron chi connectivity index (χ0n) is 8.79. The Morgan fingerprint density at radius 1 is 1.40 bits per heavy atom. The first-order chi connectivity index (χ1) is 7.15. The summed E-state index contributed by atoms with van der Waals surface area (Å²) >= 11 is 0. The third kappa shape index (κ3) is 3.40. The average Bonchev–Trinajstić information content (AvgIpc) is 2.20. The minimum Gasteiger partial charge on any atom is -0.491 e. The van der Waals surface area contributed by atoms with Gasteiger partial charge < -0.3 is 15.6 Å². The van der Waals surface area contributed by atoms with Gasteiger partial charge in [0.2, 0.25) is 0 Å². The molecule has 0 saturated carbocycles. The van der Waals surface area contributed by atoms with Crippen molar-refractivity contribution in [2.45, 2.75) is 19.8 Å². The van der Waals surface area contributed by atoms with Gasteiger partial charge in [0.1, 0.15) is 0 Å². The highest BCUT2D eigenvalue weighted by Gasteiger charge is 2.06. The SMILES string of the molecule is Cc1cc(OCCCCO)c(F)cc1N. The van der Waals surface area contributed by atoms with Crippen LogP contribution in [0.4, 0.5) is 10.1 Å². The van der Waals surface area contributed by atoms with Crippen LogP contribution in [0.3, 0.4) is 0 Å². The molecule has 0 saturated heterocycles. The summed E-state index contributed by atoms with van der Waals surface area (Å²) in [6.07, 6.45) is 1.37. The molecular weight excluding hydrogens is 197 g/mol. The highest BCUT2D eigenvalue weighted by molar-refractivity contribution is 5.50. The molecule has 15 heavy (non-hydrogen) atoms. The molecule has 0 aliphatic rings. The summed E-state index contributed by atoms with van der Waals surface area (Å²) in [5.41, 5.74) is 6.76. The van der Waals surface area contributed by atoms with E-state index in [1.54, 1.807) is 13.0 Å². The van der Waals surface area contributed by atoms with Crippen molar-refractivity contribution >= 4 is 5.69 Å². The number of aliphatic hydroxyl groups excluding tert-OH is 1. The number of aliphatic hydroxyl groups is 1. The molecule has 1 aromatic carbocycles. The molecule has 0 unspecified atom stereocenters. The largest absolute Gasteiger partial charge is 0.491 e. The van der Waals surface area contributed by atoms with Gasteiger partial charge in [-0.05, 0) is 31.4 Å². The first-order valence-corrected chi connectivity index (χ1v) is 4.94. The summed E-state index contributed by atoms with van der Waals surface area (Å²) in [6.45, 7) is 2.34. The van der Waals surface area contributed by atoms with E-state index in [-0.39, 0.29) is 12.4 Å². The maximum Gasteiger partial charge on any atom is 0.167 e. The van der Waals surface area contributed by atoms with Gasteiger partial charge in [0, 0.05) is 18.4 Å². The summed E-state index contributed by atoms with van der Waals surface area (Å²) in [7, 11) is 0. The average molecular weight is 213 g/mol. The molecule has 3 N–H and O–H groups in total. The smallest absolute Gasteiger partial charge is 0.167 e. The maximum atomic E-state index is 13.3. The number of unbranched alkanes of at least 4 members (excludes halogenated alkanes) is 1. The van der Waals surface area contributed by atoms with Gasteiger partial charge in [0.15, 0.2) is 11.6 Å². The van der Waals surface area contributed by atoms with Crippen molar-refractivity contribution in [3.63, 3.8) is 0 Å². The van der Waals surface area contributed by atoms with Crippen molar-refractivity contribution in [1.29, 1.82) is 0 Å². The molecule has 0 aliphatic heterocycles. The van der Waals surface area contributed by atoms with Crippen molar-refractivity contribution in [2.24, 2.45) is 0 Å². The number of aryl methyl sites for hydroxylation is 1. The van der Waals surface area contributed by atoms with Gasteiger partial charge in [0.25, 0.3) is 0 Å². The predicted molar refractivity (Wildman–Crippen MR) is 57.4 cm³/mol. The van der Waals surface area contributed by atoms with Crippen LogP contribution in [0.5, 0.6) is 5.75 Å². The van der Waals surface area contributed by atoms with Gasteiger partial charge in [-0.2, -0.15) is 0 Å². The number of benzene rings is 1. The molecule has 84 valence electrons. The van der Waals surface area contributed by atoms with Crippen LogP contribution in [0.2, 0.25) is 0 Å². The number of anilines is 1. The van der Waals surface area contributed by atoms with Crippen LogP contribution in [-0.4, -0.2) is 18.3 Å². The molecule has 0 aromatic heterocycles. The number of nitrogen functional groups attached to an aromatic ring is 1. The highest BCUT2D eigenvalue weighted by atomic mass is 19.1. The Labute approximate surface area is 88.7 Å². The third-order valence-electron chi connectivity index (χ3n) is 2.13. The van der Waals surface area contributed by atoms with Gasteiger partial charge >= 0.3 is 0 Å². The first kappa shape index (κ1) is 11.8. The predicted octanol–water partition coefficient (Wildman–Crippen LogP) is 1.87. The quantitative estimate of drug-likeness (QED) is 0.580. The normalized spacial score (nSPS) is 10.3. The summed E-state index contributed by atoms with van der Waals surface area (Å²) in [4.78, 5) is 0. The summed E-state index contributed by atoms with van der Waals surface area (Å²) in [6, 6.07) is 2.85. The summed E-state index contributed by atoms with van der Waals surface area (Å²) in [5.74, 6) is -0.221. The van der Waals surface area contributed by atoms with E-state index < -0.39 is 5.82 Å². The van der Waals surface area contributed by atoms with Crippen LogP contribution in [0.1, 0.15) is 18.4 Å². The molecule has 0 aliphatic carbocycles. The number of rotatable bonds is 5. The lowest BCUT2D eigenvalue weighted by atomic mass is 10.2. The van der Waals surface area contributed by atoms with Crippen LogP contribution in [0, 0.1) is 12.7 Å². The Kier molecular flexibility index (Phi) is 4.37. The van der Waals surface area contributed by atoms with Gasteiger partial charge in [-0.15, -0.1) is 0 Å². The van der Waals surface area contributed by atoms with Gasteiger partial charge in [-0.3, -0.25) is 0 Å². The number of halogens is 1. The molecule has 4 heteroatoms. The van der Waals surface area contributed by atoms with E-state index in [4.69, 9.17) is 15.6 Å². The zero-order chi connectivity index (χ0) is 11.3. The van der Waals surface area contributed by atoms with Gasteiger partial charge in [-0.25, -0.2) is 4.39 Å². The molecule has 0 fully saturated rings. The topological polar surface area (TPSA) is 55.5 Å². The van der Waals surface area contributed by atoms with E-state index in [0.29, 0.717) is 25.1 Å². The number of hydrogen-bond acceptors (Lipinski definition) is 3. The lowest BCUT2D eigenvalue weighted by Gasteiger charge is -2.09. The zero-order valence-corrected chi connectivity index (χ0v) is 8.79. The fourth-order valence-corrected chi connectivity index (χ4v) is 1.18. The van der Waals surface area contributed by atoms with E-state index >= 15 is 0 Å². The Morgan fingerprint density at radius 3 is 2.80 bits per heavy atom. The molecule has 0 amide bonds. The Hall–Kier alpha value is -1.29. The van der Waals surface area contributed by atoms with Crippen molar-refractivity contribution < 1.29 is 14.2 Å². The van der Waals surface area contributed by atoms with E-state index in [9.17, 15) is 4.39 Å². The van der Waals surface area contributed by atoms with Crippen LogP contribution in [0.25, 0.3) is 0 Å². The molecule has 1 rings (SSSR count). The second-order valence-electron chi connectivity index (χ2n) is 3.42. The molecule has 0 atom stereocenters. The van der Waals surface area contributed by atoms with Crippen molar-refractivity contribution in [1.82, 2.24) is 0 Å². The third-order valence-corrected chi connectivity index (χ3v) is 2.13. The van der Waals surface area contributed by atoms with Crippen LogP contribution in [-0.2, 0) is 0 Å². The minimum atomic E-state index is -0.443. The second-order valence-corrected chi connectivity index (χ2v) is 3.42. The van der Waals surface area contributed by atoms with Crippen molar-refractivity contribution in [2.75, 3.05) is 18.9 Å². The van der Waals surface area contributed by atoms with Crippen molar-refractivity contribution in [3.8, 4) is 5.75 Å². The molecule has 1 aromatic rings. The van der Waals surface area contributed by atoms with Crippen LogP contribution < -0.4 is 10.5 Å². The van der Waals surface area contributed by atoms with E-state index in [1.165, 1.54) is 6.07 Å². The second kappa shape index (κ2) is 5.56. The Morgan fingerprint density at radius 2 is 2.13 bits per heavy atom. The minimum absolute atomic E-state index is 0.132. The highest BCUT2D eigenvalue weighted by Crippen LogP contribution is 2.23. The maximum absolute atomic E-state index is 13.3. The fraction of sp³-hybridized carbons (Fsp3) is 0.455. The fourth-order valence-electron chi connectivity index (χ4n) is 1.18. The molecule has 3 nitrogen and oxygen atoms in total. The summed E-state index contributed by atoms with van der Waals surface area (Å²) in [5, 5.41) is 8.55. The van der Waals surface area contributed by atoms with E-state index in [0.717, 1.165) is 5.56 Å². The summed E-state index contributed by atoms with van der Waals surface area (Å²) < 4.78 is 18.5. The van der Waals surface area contributed by atoms with E-state index in [2.05, 4.69) is 0 Å². The first-order valence-electron chi connectivity index (χ1n) is 4.94. The Bertz CT molecular complexity index is 329. The molecule has 0 radical (unpaired) electrons. The van der Waals surface area contributed by atoms with Crippen molar-refractivity contribution in [3.05, 3.63) is 23.5 Å². The van der Waals surface area contributed by atoms with Crippen LogP contribution >= 0.6 is 0 Å². The van der Waals surface area contributed by atoms with Gasteiger partial charge in [-0.1, -0.05) is 0 Å². The van der Waals surface area contributed by atoms with E-state index in [1.807, 2.05) is 0 Å². The molecule has 0 spiro atoms.